The van der Waals surface area contributed by atoms with Crippen LogP contribution in [0, 0.1) is 0 Å². The third-order valence-electron chi connectivity index (χ3n) is 5.22. The predicted octanol–water partition coefficient (Wildman–Crippen LogP) is 6.14. The summed E-state index contributed by atoms with van der Waals surface area (Å²) in [5.74, 6) is 1.41. The van der Waals surface area contributed by atoms with Gasteiger partial charge < -0.3 is 18.9 Å². The first-order valence-electron chi connectivity index (χ1n) is 11.4. The maximum Gasteiger partial charge on any atom is 0.163 e. The van der Waals surface area contributed by atoms with E-state index in [4.69, 9.17) is 18.9 Å². The monoisotopic (exact) mass is 476 g/mol. The van der Waals surface area contributed by atoms with Crippen LogP contribution in [0.3, 0.4) is 0 Å². The van der Waals surface area contributed by atoms with Gasteiger partial charge in [-0.1, -0.05) is 74.5 Å². The standard InChI is InChI=1S/C26H36O4S2/c1-5-31-25(32-6-2)24(28-18-21-15-11-8-12-16-21)23(22-19-29-26(3,4)30-22)27-17-20-13-9-7-10-14-20/h7-16,22-25H,5-6,17-19H2,1-4H3/t22-,23-,24+/m0/s1. The second-order valence-corrected chi connectivity index (χ2v) is 11.3. The molecule has 0 radical (unpaired) electrons. The third-order valence-corrected chi connectivity index (χ3v) is 7.90. The highest BCUT2D eigenvalue weighted by Gasteiger charge is 2.44. The molecule has 1 heterocycles. The second kappa shape index (κ2) is 13.0. The molecule has 3 atom stereocenters. The summed E-state index contributed by atoms with van der Waals surface area (Å²) >= 11 is 3.83. The van der Waals surface area contributed by atoms with Crippen LogP contribution in [0.5, 0.6) is 0 Å². The van der Waals surface area contributed by atoms with Crippen molar-refractivity contribution in [2.75, 3.05) is 18.1 Å². The highest BCUT2D eigenvalue weighted by Crippen LogP contribution is 2.36. The Kier molecular flexibility index (Phi) is 10.4. The lowest BCUT2D eigenvalue weighted by atomic mass is 10.1. The summed E-state index contributed by atoms with van der Waals surface area (Å²) in [5.41, 5.74) is 2.30. The number of hydrogen-bond acceptors (Lipinski definition) is 6. The van der Waals surface area contributed by atoms with E-state index in [2.05, 4.69) is 38.1 Å². The van der Waals surface area contributed by atoms with E-state index in [9.17, 15) is 0 Å². The zero-order chi connectivity index (χ0) is 22.8. The zero-order valence-corrected chi connectivity index (χ0v) is 21.2. The molecule has 0 spiro atoms. The van der Waals surface area contributed by atoms with Gasteiger partial charge in [-0.2, -0.15) is 0 Å². The van der Waals surface area contributed by atoms with Gasteiger partial charge in [0.15, 0.2) is 5.79 Å². The van der Waals surface area contributed by atoms with Gasteiger partial charge in [-0.05, 0) is 36.5 Å². The molecule has 1 aliphatic heterocycles. The fourth-order valence-corrected chi connectivity index (χ4v) is 6.42. The highest BCUT2D eigenvalue weighted by atomic mass is 32.2. The van der Waals surface area contributed by atoms with Crippen molar-refractivity contribution < 1.29 is 18.9 Å². The van der Waals surface area contributed by atoms with Gasteiger partial charge in [0.2, 0.25) is 0 Å². The fourth-order valence-electron chi connectivity index (χ4n) is 3.72. The van der Waals surface area contributed by atoms with Crippen molar-refractivity contribution in [2.45, 2.75) is 69.6 Å². The summed E-state index contributed by atoms with van der Waals surface area (Å²) < 4.78 is 25.7. The first-order chi connectivity index (χ1) is 15.5. The Morgan fingerprint density at radius 3 is 1.88 bits per heavy atom. The van der Waals surface area contributed by atoms with Gasteiger partial charge in [0.05, 0.1) is 24.4 Å². The first-order valence-corrected chi connectivity index (χ1v) is 13.5. The van der Waals surface area contributed by atoms with Crippen LogP contribution in [-0.2, 0) is 32.2 Å². The molecule has 2 aromatic rings. The third kappa shape index (κ3) is 7.79. The molecular formula is C26H36O4S2. The average molecular weight is 477 g/mol. The number of ether oxygens (including phenoxy) is 4. The van der Waals surface area contributed by atoms with Crippen molar-refractivity contribution in [1.82, 2.24) is 0 Å². The molecule has 4 nitrogen and oxygen atoms in total. The SMILES string of the molecule is CCSC(SCC)[C@H](OCc1ccccc1)[C@@H](OCc1ccccc1)[C@@H]1COC(C)(C)O1. The molecule has 3 rings (SSSR count). The van der Waals surface area contributed by atoms with Gasteiger partial charge in [-0.25, -0.2) is 0 Å². The van der Waals surface area contributed by atoms with E-state index >= 15 is 0 Å². The van der Waals surface area contributed by atoms with E-state index in [-0.39, 0.29) is 22.9 Å². The second-order valence-electron chi connectivity index (χ2n) is 8.17. The van der Waals surface area contributed by atoms with Gasteiger partial charge in [-0.3, -0.25) is 0 Å². The Morgan fingerprint density at radius 1 is 0.875 bits per heavy atom. The summed E-state index contributed by atoms with van der Waals surface area (Å²) in [6.45, 7) is 9.86. The largest absolute Gasteiger partial charge is 0.369 e. The Balaban J connectivity index is 1.84. The summed E-state index contributed by atoms with van der Waals surface area (Å²) in [7, 11) is 0. The lowest BCUT2D eigenvalue weighted by Gasteiger charge is -2.35. The van der Waals surface area contributed by atoms with E-state index < -0.39 is 5.79 Å². The van der Waals surface area contributed by atoms with Gasteiger partial charge in [-0.15, -0.1) is 23.5 Å². The molecule has 2 aromatic carbocycles. The molecule has 176 valence electrons. The molecule has 0 unspecified atom stereocenters. The van der Waals surface area contributed by atoms with Crippen LogP contribution in [0.1, 0.15) is 38.8 Å². The Bertz CT molecular complexity index is 718. The molecular weight excluding hydrogens is 440 g/mol. The van der Waals surface area contributed by atoms with Gasteiger partial charge in [0.1, 0.15) is 18.3 Å². The molecule has 1 fully saturated rings. The number of benzene rings is 2. The average Bonchev–Trinajstić information content (AvgIpc) is 3.16. The Morgan fingerprint density at radius 2 is 1.41 bits per heavy atom. The van der Waals surface area contributed by atoms with Crippen molar-refractivity contribution >= 4 is 23.5 Å². The van der Waals surface area contributed by atoms with E-state index in [1.165, 1.54) is 0 Å². The number of thioether (sulfide) groups is 2. The molecule has 0 saturated carbocycles. The molecule has 0 amide bonds. The number of hydrogen-bond donors (Lipinski definition) is 0. The van der Waals surface area contributed by atoms with Crippen LogP contribution in [0.25, 0.3) is 0 Å². The van der Waals surface area contributed by atoms with Crippen molar-refractivity contribution in [1.29, 1.82) is 0 Å². The minimum Gasteiger partial charge on any atom is -0.369 e. The molecule has 1 saturated heterocycles. The van der Waals surface area contributed by atoms with Crippen LogP contribution < -0.4 is 0 Å². The van der Waals surface area contributed by atoms with Crippen LogP contribution in [0.15, 0.2) is 60.7 Å². The normalized spacial score (nSPS) is 19.8. The number of rotatable bonds is 13. The molecule has 0 aliphatic carbocycles. The molecule has 0 aromatic heterocycles. The summed E-state index contributed by atoms with van der Waals surface area (Å²) in [5, 5.41) is 0. The van der Waals surface area contributed by atoms with Crippen LogP contribution in [0.2, 0.25) is 0 Å². The predicted molar refractivity (Wildman–Crippen MR) is 135 cm³/mol. The Labute approximate surface area is 201 Å². The molecule has 0 bridgehead atoms. The molecule has 0 N–H and O–H groups in total. The smallest absolute Gasteiger partial charge is 0.163 e. The topological polar surface area (TPSA) is 36.9 Å². The Hall–Kier alpha value is -1.02. The van der Waals surface area contributed by atoms with E-state index in [0.717, 1.165) is 22.6 Å². The van der Waals surface area contributed by atoms with Crippen LogP contribution >= 0.6 is 23.5 Å². The van der Waals surface area contributed by atoms with Crippen molar-refractivity contribution in [3.63, 3.8) is 0 Å². The lowest BCUT2D eigenvalue weighted by Crippen LogP contribution is -2.47. The van der Waals surface area contributed by atoms with Crippen molar-refractivity contribution in [2.24, 2.45) is 0 Å². The van der Waals surface area contributed by atoms with Crippen LogP contribution in [-0.4, -0.2) is 46.8 Å². The quantitative estimate of drug-likeness (QED) is 0.323. The van der Waals surface area contributed by atoms with E-state index in [1.54, 1.807) is 0 Å². The van der Waals surface area contributed by atoms with E-state index in [0.29, 0.717) is 19.8 Å². The maximum absolute atomic E-state index is 6.62. The van der Waals surface area contributed by atoms with Gasteiger partial charge >= 0.3 is 0 Å². The van der Waals surface area contributed by atoms with E-state index in [1.807, 2.05) is 73.8 Å². The molecule has 32 heavy (non-hydrogen) atoms. The molecule has 1 aliphatic rings. The first kappa shape index (κ1) is 25.6. The lowest BCUT2D eigenvalue weighted by molar-refractivity contribution is -0.177. The summed E-state index contributed by atoms with van der Waals surface area (Å²) in [4.78, 5) is 0. The summed E-state index contributed by atoms with van der Waals surface area (Å²) in [6.07, 6.45) is -0.577. The van der Waals surface area contributed by atoms with Gasteiger partial charge in [0, 0.05) is 0 Å². The van der Waals surface area contributed by atoms with Gasteiger partial charge in [0.25, 0.3) is 0 Å². The minimum absolute atomic E-state index is 0.142. The molecule has 6 heteroatoms. The summed E-state index contributed by atoms with van der Waals surface area (Å²) in [6, 6.07) is 20.6. The maximum atomic E-state index is 6.62. The minimum atomic E-state index is -0.617. The van der Waals surface area contributed by atoms with Crippen LogP contribution in [0.4, 0.5) is 0 Å². The highest BCUT2D eigenvalue weighted by molar-refractivity contribution is 8.17. The zero-order valence-electron chi connectivity index (χ0n) is 19.6. The fraction of sp³-hybridized carbons (Fsp3) is 0.538. The van der Waals surface area contributed by atoms with Crippen molar-refractivity contribution in [3.8, 4) is 0 Å². The van der Waals surface area contributed by atoms with Crippen molar-refractivity contribution in [3.05, 3.63) is 71.8 Å².